The average molecular weight is 384 g/mol. The Morgan fingerprint density at radius 1 is 1.11 bits per heavy atom. The van der Waals surface area contributed by atoms with Crippen LogP contribution in [0.25, 0.3) is 0 Å². The van der Waals surface area contributed by atoms with Crippen molar-refractivity contribution in [2.45, 2.75) is 6.54 Å². The summed E-state index contributed by atoms with van der Waals surface area (Å²) in [6.07, 6.45) is 0. The van der Waals surface area contributed by atoms with Crippen molar-refractivity contribution >= 4 is 37.5 Å². The van der Waals surface area contributed by atoms with Gasteiger partial charge in [0.15, 0.2) is 0 Å². The van der Waals surface area contributed by atoms with Crippen molar-refractivity contribution in [3.8, 4) is 6.07 Å². The van der Waals surface area contributed by atoms with Crippen molar-refractivity contribution in [1.29, 1.82) is 5.26 Å². The molecule has 5 heteroatoms. The highest BCUT2D eigenvalue weighted by Crippen LogP contribution is 2.21. The van der Waals surface area contributed by atoms with E-state index in [1.54, 1.807) is 24.3 Å². The van der Waals surface area contributed by atoms with Crippen LogP contribution in [-0.4, -0.2) is 0 Å². The van der Waals surface area contributed by atoms with Gasteiger partial charge in [-0.2, -0.15) is 5.26 Å². The monoisotopic (exact) mass is 382 g/mol. The molecular weight excluding hydrogens is 375 g/mol. The third-order valence-electron chi connectivity index (χ3n) is 2.52. The summed E-state index contributed by atoms with van der Waals surface area (Å²) in [6.45, 7) is 0.354. The van der Waals surface area contributed by atoms with Gasteiger partial charge in [0.2, 0.25) is 0 Å². The summed E-state index contributed by atoms with van der Waals surface area (Å²) in [7, 11) is 0. The molecule has 0 amide bonds. The fourth-order valence-corrected chi connectivity index (χ4v) is 2.53. The number of hydrogen-bond acceptors (Lipinski definition) is 2. The molecule has 0 fully saturated rings. The molecule has 0 aliphatic heterocycles. The van der Waals surface area contributed by atoms with Crippen molar-refractivity contribution in [1.82, 2.24) is 0 Å². The average Bonchev–Trinajstić information content (AvgIpc) is 2.39. The van der Waals surface area contributed by atoms with Gasteiger partial charge < -0.3 is 5.32 Å². The number of rotatable bonds is 3. The Morgan fingerprint density at radius 2 is 1.89 bits per heavy atom. The zero-order chi connectivity index (χ0) is 13.8. The van der Waals surface area contributed by atoms with E-state index in [0.717, 1.165) is 14.6 Å². The third-order valence-corrected chi connectivity index (χ3v) is 3.47. The molecule has 2 aromatic rings. The van der Waals surface area contributed by atoms with Gasteiger partial charge >= 0.3 is 0 Å². The van der Waals surface area contributed by atoms with Crippen LogP contribution in [0.3, 0.4) is 0 Å². The Balaban J connectivity index is 2.17. The molecule has 2 nitrogen and oxygen atoms in total. The molecule has 0 heterocycles. The van der Waals surface area contributed by atoms with Gasteiger partial charge in [-0.15, -0.1) is 0 Å². The van der Waals surface area contributed by atoms with Crippen LogP contribution >= 0.6 is 31.9 Å². The first-order valence-corrected chi connectivity index (χ1v) is 7.05. The number of nitrogens with one attached hydrogen (secondary N) is 1. The van der Waals surface area contributed by atoms with Crippen LogP contribution in [0.4, 0.5) is 10.1 Å². The molecule has 1 N–H and O–H groups in total. The summed E-state index contributed by atoms with van der Waals surface area (Å²) >= 11 is 6.65. The minimum atomic E-state index is -0.258. The molecule has 0 saturated carbocycles. The Labute approximate surface area is 127 Å². The molecule has 0 aliphatic carbocycles. The summed E-state index contributed by atoms with van der Waals surface area (Å²) in [5.74, 6) is -0.258. The fourth-order valence-electron chi connectivity index (χ4n) is 1.63. The standard InChI is InChI=1S/C14H9Br2FN2/c15-11-1-2-14(17)10(5-11)8-19-13-4-9(7-18)3-12(16)6-13/h1-6,19H,8H2. The predicted octanol–water partition coefficient (Wildman–Crippen LogP) is 4.83. The van der Waals surface area contributed by atoms with E-state index in [4.69, 9.17) is 5.26 Å². The number of nitriles is 1. The normalized spacial score (nSPS) is 10.0. The first-order chi connectivity index (χ1) is 9.08. The second-order valence-electron chi connectivity index (χ2n) is 3.93. The van der Waals surface area contributed by atoms with Crippen molar-refractivity contribution in [2.24, 2.45) is 0 Å². The van der Waals surface area contributed by atoms with E-state index in [0.29, 0.717) is 17.7 Å². The lowest BCUT2D eigenvalue weighted by Gasteiger charge is -2.09. The SMILES string of the molecule is N#Cc1cc(Br)cc(NCc2cc(Br)ccc2F)c1. The molecule has 2 rings (SSSR count). The van der Waals surface area contributed by atoms with Crippen LogP contribution < -0.4 is 5.32 Å². The molecule has 0 aliphatic rings. The maximum Gasteiger partial charge on any atom is 0.128 e. The quantitative estimate of drug-likeness (QED) is 0.823. The van der Waals surface area contributed by atoms with Crippen molar-refractivity contribution < 1.29 is 4.39 Å². The lowest BCUT2D eigenvalue weighted by atomic mass is 10.2. The highest BCUT2D eigenvalue weighted by atomic mass is 79.9. The summed E-state index contributed by atoms with van der Waals surface area (Å²) in [6, 6.07) is 12.2. The van der Waals surface area contributed by atoms with Gasteiger partial charge in [0, 0.05) is 26.7 Å². The molecule has 19 heavy (non-hydrogen) atoms. The molecule has 2 aromatic carbocycles. The molecule has 0 unspecified atom stereocenters. The highest BCUT2D eigenvalue weighted by Gasteiger charge is 2.04. The van der Waals surface area contributed by atoms with E-state index < -0.39 is 0 Å². The molecule has 96 valence electrons. The van der Waals surface area contributed by atoms with Gasteiger partial charge in [0.25, 0.3) is 0 Å². The number of nitrogens with zero attached hydrogens (tertiary/aromatic N) is 1. The van der Waals surface area contributed by atoms with Crippen LogP contribution in [0.1, 0.15) is 11.1 Å². The van der Waals surface area contributed by atoms with E-state index in [1.165, 1.54) is 6.07 Å². The van der Waals surface area contributed by atoms with Crippen LogP contribution in [0.2, 0.25) is 0 Å². The zero-order valence-electron chi connectivity index (χ0n) is 9.75. The van der Waals surface area contributed by atoms with Crippen molar-refractivity contribution in [3.63, 3.8) is 0 Å². The lowest BCUT2D eigenvalue weighted by Crippen LogP contribution is -2.02. The maximum absolute atomic E-state index is 13.6. The van der Waals surface area contributed by atoms with Gasteiger partial charge in [0.1, 0.15) is 5.82 Å². The van der Waals surface area contributed by atoms with Gasteiger partial charge in [-0.1, -0.05) is 31.9 Å². The number of halogens is 3. The summed E-state index contributed by atoms with van der Waals surface area (Å²) in [5.41, 5.74) is 1.88. The largest absolute Gasteiger partial charge is 0.381 e. The second kappa shape index (κ2) is 6.18. The number of hydrogen-bond donors (Lipinski definition) is 1. The Morgan fingerprint density at radius 3 is 2.63 bits per heavy atom. The molecule has 0 atom stereocenters. The Hall–Kier alpha value is -1.38. The Kier molecular flexibility index (Phi) is 4.56. The van der Waals surface area contributed by atoms with Gasteiger partial charge in [-0.3, -0.25) is 0 Å². The third kappa shape index (κ3) is 3.79. The van der Waals surface area contributed by atoms with Crippen LogP contribution in [0.5, 0.6) is 0 Å². The van der Waals surface area contributed by atoms with Gasteiger partial charge in [-0.05, 0) is 36.4 Å². The number of anilines is 1. The smallest absolute Gasteiger partial charge is 0.128 e. The molecule has 0 radical (unpaired) electrons. The predicted molar refractivity (Wildman–Crippen MR) is 80.3 cm³/mol. The summed E-state index contributed by atoms with van der Waals surface area (Å²) < 4.78 is 15.2. The Bertz CT molecular complexity index is 650. The second-order valence-corrected chi connectivity index (χ2v) is 5.76. The molecule has 0 spiro atoms. The topological polar surface area (TPSA) is 35.8 Å². The minimum Gasteiger partial charge on any atom is -0.381 e. The van der Waals surface area contributed by atoms with Crippen molar-refractivity contribution in [2.75, 3.05) is 5.32 Å². The first kappa shape index (κ1) is 14.0. The van der Waals surface area contributed by atoms with Crippen LogP contribution in [0, 0.1) is 17.1 Å². The van der Waals surface area contributed by atoms with Crippen LogP contribution in [-0.2, 0) is 6.54 Å². The molecule has 0 saturated heterocycles. The lowest BCUT2D eigenvalue weighted by molar-refractivity contribution is 0.612. The molecule has 0 bridgehead atoms. The van der Waals surface area contributed by atoms with Crippen molar-refractivity contribution in [3.05, 3.63) is 62.3 Å². The summed E-state index contributed by atoms with van der Waals surface area (Å²) in [4.78, 5) is 0. The minimum absolute atomic E-state index is 0.258. The highest BCUT2D eigenvalue weighted by molar-refractivity contribution is 9.10. The maximum atomic E-state index is 13.6. The van der Waals surface area contributed by atoms with Crippen LogP contribution in [0.15, 0.2) is 45.3 Å². The first-order valence-electron chi connectivity index (χ1n) is 5.47. The van der Waals surface area contributed by atoms with Gasteiger partial charge in [0.05, 0.1) is 11.6 Å². The van der Waals surface area contributed by atoms with E-state index in [9.17, 15) is 4.39 Å². The fraction of sp³-hybridized carbons (Fsp3) is 0.0714. The summed E-state index contributed by atoms with van der Waals surface area (Å²) in [5, 5.41) is 12.0. The van der Waals surface area contributed by atoms with E-state index in [1.807, 2.05) is 6.07 Å². The van der Waals surface area contributed by atoms with Gasteiger partial charge in [-0.25, -0.2) is 4.39 Å². The molecular formula is C14H9Br2FN2. The van der Waals surface area contributed by atoms with E-state index in [-0.39, 0.29) is 5.82 Å². The van der Waals surface area contributed by atoms with E-state index in [2.05, 4.69) is 43.2 Å². The molecule has 0 aromatic heterocycles. The number of benzene rings is 2. The zero-order valence-corrected chi connectivity index (χ0v) is 12.9. The van der Waals surface area contributed by atoms with E-state index >= 15 is 0 Å².